The average Bonchev–Trinajstić information content (AvgIpc) is 2.41. The van der Waals surface area contributed by atoms with Crippen molar-refractivity contribution in [2.45, 2.75) is 0 Å². The van der Waals surface area contributed by atoms with Gasteiger partial charge in [0, 0.05) is 0 Å². The molecule has 0 spiro atoms. The Bertz CT molecular complexity index is 607. The molecule has 0 aliphatic carbocycles. The van der Waals surface area contributed by atoms with Crippen molar-refractivity contribution in [3.63, 3.8) is 0 Å². The fraction of sp³-hybridized carbons (Fsp3) is 0.273. The molecule has 22 heavy (non-hydrogen) atoms. The summed E-state index contributed by atoms with van der Waals surface area (Å²) in [7, 11) is -1.00. The Morgan fingerprint density at radius 1 is 0.818 bits per heavy atom. The van der Waals surface area contributed by atoms with E-state index in [1.807, 2.05) is 0 Å². The number of nitrogens with zero attached hydrogens (tertiary/aromatic N) is 1. The molecule has 1 aliphatic heterocycles. The number of benzene rings is 1. The molecule has 11 heteroatoms. The normalized spacial score (nSPS) is 16.9. The van der Waals surface area contributed by atoms with E-state index < -0.39 is 66.7 Å². The molecule has 0 radical (unpaired) electrons. The van der Waals surface area contributed by atoms with Crippen LogP contribution in [-0.4, -0.2) is 44.1 Å². The number of carbonyl (C=O) groups excluding carboxylic acids is 2. The molecule has 1 saturated heterocycles. The summed E-state index contributed by atoms with van der Waals surface area (Å²) in [6.45, 7) is -0.859. The predicted molar refractivity (Wildman–Crippen MR) is 61.3 cm³/mol. The lowest BCUT2D eigenvalue weighted by atomic mass is 9.77. The van der Waals surface area contributed by atoms with Gasteiger partial charge in [0.2, 0.25) is 0 Å². The maximum absolute atomic E-state index is 13.6. The molecule has 1 heterocycles. The van der Waals surface area contributed by atoms with Gasteiger partial charge in [-0.15, -0.1) is 0 Å². The van der Waals surface area contributed by atoms with E-state index in [0.29, 0.717) is 0 Å². The quantitative estimate of drug-likeness (QED) is 0.318. The van der Waals surface area contributed by atoms with Gasteiger partial charge in [-0.2, -0.15) is 0 Å². The fourth-order valence-corrected chi connectivity index (χ4v) is 1.78. The molecule has 0 atom stereocenters. The third-order valence-corrected chi connectivity index (χ3v) is 2.75. The van der Waals surface area contributed by atoms with E-state index in [4.69, 9.17) is 0 Å². The van der Waals surface area contributed by atoms with Crippen LogP contribution in [0.2, 0.25) is 0 Å². The van der Waals surface area contributed by atoms with Crippen molar-refractivity contribution in [3.8, 4) is 0 Å². The summed E-state index contributed by atoms with van der Waals surface area (Å²) in [5.74, 6) is -13.5. The highest BCUT2D eigenvalue weighted by molar-refractivity contribution is 6.64. The summed E-state index contributed by atoms with van der Waals surface area (Å²) in [4.78, 5) is 24.0. The fourth-order valence-electron chi connectivity index (χ4n) is 1.78. The Kier molecular flexibility index (Phi) is 4.36. The van der Waals surface area contributed by atoms with Gasteiger partial charge in [0.25, 0.3) is 0 Å². The summed E-state index contributed by atoms with van der Waals surface area (Å²) < 4.78 is 75.5. The van der Waals surface area contributed by atoms with Gasteiger partial charge < -0.3 is 9.31 Å². The maximum Gasteiger partial charge on any atom is 0.642 e. The van der Waals surface area contributed by atoms with Crippen LogP contribution >= 0.6 is 0 Å². The lowest BCUT2D eigenvalue weighted by Gasteiger charge is -2.23. The SMILES string of the molecule is CN1CC(=O)OB(c2c(F)c(F)c(F)c(F)c2F)OC(=O)C1. The molecule has 0 saturated carbocycles. The Morgan fingerprint density at radius 3 is 1.59 bits per heavy atom. The van der Waals surface area contributed by atoms with E-state index >= 15 is 0 Å². The first-order valence-corrected chi connectivity index (χ1v) is 5.81. The maximum atomic E-state index is 13.6. The Morgan fingerprint density at radius 2 is 1.18 bits per heavy atom. The first-order valence-electron chi connectivity index (χ1n) is 5.81. The number of carbonyl (C=O) groups is 2. The molecule has 0 amide bonds. The monoisotopic (exact) mass is 323 g/mol. The van der Waals surface area contributed by atoms with E-state index in [1.54, 1.807) is 0 Å². The van der Waals surface area contributed by atoms with Crippen LogP contribution in [0.15, 0.2) is 0 Å². The summed E-state index contributed by atoms with van der Waals surface area (Å²) in [6.07, 6.45) is 0. The van der Waals surface area contributed by atoms with Crippen LogP contribution in [-0.2, 0) is 18.9 Å². The van der Waals surface area contributed by atoms with Crippen LogP contribution in [0.4, 0.5) is 22.0 Å². The minimum Gasteiger partial charge on any atom is -0.494 e. The lowest BCUT2D eigenvalue weighted by molar-refractivity contribution is -0.145. The lowest BCUT2D eigenvalue weighted by Crippen LogP contribution is -2.50. The van der Waals surface area contributed by atoms with Gasteiger partial charge in [0.05, 0.1) is 18.6 Å². The molecule has 118 valence electrons. The smallest absolute Gasteiger partial charge is 0.494 e. The van der Waals surface area contributed by atoms with Crippen LogP contribution in [0.25, 0.3) is 0 Å². The standard InChI is InChI=1S/C11H7BF5NO4/c1-18-2-4(19)21-12(22-5(20)3-18)6-7(13)9(15)11(17)10(16)8(6)14/h2-3H2,1H3. The van der Waals surface area contributed by atoms with E-state index in [9.17, 15) is 31.5 Å². The summed E-state index contributed by atoms with van der Waals surface area (Å²) in [5.41, 5.74) is -1.54. The topological polar surface area (TPSA) is 55.8 Å². The largest absolute Gasteiger partial charge is 0.642 e. The number of halogens is 5. The highest BCUT2D eigenvalue weighted by atomic mass is 19.2. The van der Waals surface area contributed by atoms with E-state index in [2.05, 4.69) is 9.31 Å². The second-order valence-electron chi connectivity index (χ2n) is 4.47. The summed E-state index contributed by atoms with van der Waals surface area (Å²) >= 11 is 0. The molecular formula is C11H7BF5NO4. The summed E-state index contributed by atoms with van der Waals surface area (Å²) in [5, 5.41) is 0. The van der Waals surface area contributed by atoms with E-state index in [-0.39, 0.29) is 0 Å². The van der Waals surface area contributed by atoms with Crippen LogP contribution in [0.3, 0.4) is 0 Å². The molecule has 1 aliphatic rings. The number of hydrogen-bond acceptors (Lipinski definition) is 5. The highest BCUT2D eigenvalue weighted by Gasteiger charge is 2.42. The van der Waals surface area contributed by atoms with Crippen molar-refractivity contribution in [3.05, 3.63) is 29.1 Å². The van der Waals surface area contributed by atoms with Gasteiger partial charge in [-0.25, -0.2) is 22.0 Å². The molecule has 0 bridgehead atoms. The Balaban J connectivity index is 2.50. The van der Waals surface area contributed by atoms with Gasteiger partial charge in [0.1, 0.15) is 0 Å². The Hall–Kier alpha value is -2.17. The van der Waals surface area contributed by atoms with Crippen LogP contribution in [0.5, 0.6) is 0 Å². The molecule has 0 N–H and O–H groups in total. The zero-order valence-electron chi connectivity index (χ0n) is 11.0. The van der Waals surface area contributed by atoms with E-state index in [0.717, 1.165) is 0 Å². The third-order valence-electron chi connectivity index (χ3n) is 2.75. The van der Waals surface area contributed by atoms with Crippen LogP contribution in [0, 0.1) is 29.1 Å². The molecule has 1 fully saturated rings. The molecule has 0 aromatic heterocycles. The number of rotatable bonds is 1. The van der Waals surface area contributed by atoms with Crippen molar-refractivity contribution >= 4 is 24.5 Å². The van der Waals surface area contributed by atoms with Crippen LogP contribution in [0.1, 0.15) is 0 Å². The Labute approximate surface area is 120 Å². The molecule has 1 aromatic rings. The van der Waals surface area contributed by atoms with Gasteiger partial charge in [-0.1, -0.05) is 0 Å². The molecule has 0 unspecified atom stereocenters. The molecular weight excluding hydrogens is 316 g/mol. The van der Waals surface area contributed by atoms with Gasteiger partial charge in [0.15, 0.2) is 29.1 Å². The highest BCUT2D eigenvalue weighted by Crippen LogP contribution is 2.17. The second-order valence-corrected chi connectivity index (χ2v) is 4.47. The van der Waals surface area contributed by atoms with Gasteiger partial charge in [-0.05, 0) is 7.05 Å². The van der Waals surface area contributed by atoms with Crippen molar-refractivity contribution in [2.24, 2.45) is 0 Å². The third kappa shape index (κ3) is 2.89. The molecule has 2 rings (SSSR count). The minimum absolute atomic E-state index is 0.430. The minimum atomic E-state index is -2.37. The zero-order valence-corrected chi connectivity index (χ0v) is 11.0. The number of hydrogen-bond donors (Lipinski definition) is 0. The predicted octanol–water partition coefficient (Wildman–Crippen LogP) is 0.109. The second kappa shape index (κ2) is 5.91. The first-order chi connectivity index (χ1) is 10.2. The van der Waals surface area contributed by atoms with Gasteiger partial charge >= 0.3 is 19.1 Å². The molecule has 5 nitrogen and oxygen atoms in total. The van der Waals surface area contributed by atoms with Crippen molar-refractivity contribution < 1.29 is 40.8 Å². The van der Waals surface area contributed by atoms with Crippen molar-refractivity contribution in [1.29, 1.82) is 0 Å². The van der Waals surface area contributed by atoms with Crippen molar-refractivity contribution in [1.82, 2.24) is 4.90 Å². The van der Waals surface area contributed by atoms with E-state index in [1.165, 1.54) is 11.9 Å². The first kappa shape index (κ1) is 16.2. The zero-order chi connectivity index (χ0) is 16.6. The van der Waals surface area contributed by atoms with Crippen molar-refractivity contribution in [2.75, 3.05) is 20.1 Å². The molecule has 1 aromatic carbocycles. The van der Waals surface area contributed by atoms with Gasteiger partial charge in [-0.3, -0.25) is 14.5 Å². The number of likely N-dealkylation sites (N-methyl/N-ethyl adjacent to an activating group) is 1. The van der Waals surface area contributed by atoms with Crippen LogP contribution < -0.4 is 5.46 Å². The average molecular weight is 323 g/mol. The summed E-state index contributed by atoms with van der Waals surface area (Å²) in [6, 6.07) is 0.